The third kappa shape index (κ3) is 5.08. The molecule has 0 saturated heterocycles. The van der Waals surface area contributed by atoms with E-state index in [-0.39, 0.29) is 18.9 Å². The zero-order valence-corrected chi connectivity index (χ0v) is 10.9. The lowest BCUT2D eigenvalue weighted by Crippen LogP contribution is -2.33. The van der Waals surface area contributed by atoms with Crippen LogP contribution in [0.25, 0.3) is 0 Å². The highest BCUT2D eigenvalue weighted by Crippen LogP contribution is 2.12. The van der Waals surface area contributed by atoms with E-state index < -0.39 is 5.91 Å². The van der Waals surface area contributed by atoms with Crippen molar-refractivity contribution in [3.8, 4) is 11.8 Å². The first-order valence-electron chi connectivity index (χ1n) is 6.04. The van der Waals surface area contributed by atoms with Gasteiger partial charge in [-0.05, 0) is 18.7 Å². The maximum absolute atomic E-state index is 13.9. The SMILES string of the molecule is CCN(CC(N)=O)Cc1ccc(C#CCN)cc1F. The van der Waals surface area contributed by atoms with Gasteiger partial charge in [-0.1, -0.05) is 24.8 Å². The summed E-state index contributed by atoms with van der Waals surface area (Å²) in [5.41, 5.74) is 11.5. The number of amides is 1. The molecule has 19 heavy (non-hydrogen) atoms. The molecule has 0 saturated carbocycles. The highest BCUT2D eigenvalue weighted by Gasteiger charge is 2.10. The monoisotopic (exact) mass is 263 g/mol. The number of carbonyl (C=O) groups excluding carboxylic acids is 1. The van der Waals surface area contributed by atoms with Crippen LogP contribution >= 0.6 is 0 Å². The largest absolute Gasteiger partial charge is 0.369 e. The lowest BCUT2D eigenvalue weighted by molar-refractivity contribution is -0.119. The van der Waals surface area contributed by atoms with Crippen LogP contribution in [0.5, 0.6) is 0 Å². The Morgan fingerprint density at radius 1 is 1.47 bits per heavy atom. The topological polar surface area (TPSA) is 72.3 Å². The van der Waals surface area contributed by atoms with Crippen LogP contribution in [0.1, 0.15) is 18.1 Å². The van der Waals surface area contributed by atoms with E-state index in [2.05, 4.69) is 11.8 Å². The second-order valence-corrected chi connectivity index (χ2v) is 4.08. The Kier molecular flexibility index (Phi) is 6.00. The molecule has 0 aliphatic heterocycles. The van der Waals surface area contributed by atoms with Crippen molar-refractivity contribution in [1.29, 1.82) is 0 Å². The van der Waals surface area contributed by atoms with E-state index in [1.807, 2.05) is 6.92 Å². The number of benzene rings is 1. The number of halogens is 1. The predicted molar refractivity (Wildman–Crippen MR) is 72.5 cm³/mol. The summed E-state index contributed by atoms with van der Waals surface area (Å²) < 4.78 is 13.9. The van der Waals surface area contributed by atoms with Crippen LogP contribution < -0.4 is 11.5 Å². The quantitative estimate of drug-likeness (QED) is 0.757. The highest BCUT2D eigenvalue weighted by molar-refractivity contribution is 5.75. The summed E-state index contributed by atoms with van der Waals surface area (Å²) in [5.74, 6) is 4.67. The van der Waals surface area contributed by atoms with E-state index in [0.717, 1.165) is 0 Å². The van der Waals surface area contributed by atoms with Crippen molar-refractivity contribution in [2.24, 2.45) is 11.5 Å². The second-order valence-electron chi connectivity index (χ2n) is 4.08. The van der Waals surface area contributed by atoms with Crippen molar-refractivity contribution in [2.45, 2.75) is 13.5 Å². The van der Waals surface area contributed by atoms with Crippen LogP contribution in [0, 0.1) is 17.7 Å². The minimum Gasteiger partial charge on any atom is -0.369 e. The summed E-state index contributed by atoms with van der Waals surface area (Å²) >= 11 is 0. The van der Waals surface area contributed by atoms with Gasteiger partial charge in [0.1, 0.15) is 5.82 Å². The van der Waals surface area contributed by atoms with Crippen molar-refractivity contribution in [1.82, 2.24) is 4.90 Å². The van der Waals surface area contributed by atoms with E-state index in [9.17, 15) is 9.18 Å². The van der Waals surface area contributed by atoms with Crippen LogP contribution in [0.4, 0.5) is 4.39 Å². The average Bonchev–Trinajstić information content (AvgIpc) is 2.37. The number of nitrogens with two attached hydrogens (primary N) is 2. The Bertz CT molecular complexity index is 505. The molecular formula is C14H18FN3O. The molecule has 0 heterocycles. The van der Waals surface area contributed by atoms with Gasteiger partial charge in [0.15, 0.2) is 0 Å². The molecule has 4 N–H and O–H groups in total. The van der Waals surface area contributed by atoms with Crippen LogP contribution in [0.2, 0.25) is 0 Å². The van der Waals surface area contributed by atoms with Crippen LogP contribution in [-0.4, -0.2) is 30.4 Å². The van der Waals surface area contributed by atoms with Gasteiger partial charge < -0.3 is 11.5 Å². The molecule has 102 valence electrons. The van der Waals surface area contributed by atoms with Gasteiger partial charge in [0.05, 0.1) is 13.1 Å². The van der Waals surface area contributed by atoms with Crippen molar-refractivity contribution >= 4 is 5.91 Å². The maximum atomic E-state index is 13.9. The molecule has 1 aromatic carbocycles. The molecule has 4 nitrogen and oxygen atoms in total. The van der Waals surface area contributed by atoms with Gasteiger partial charge in [-0.15, -0.1) is 0 Å². The molecule has 0 unspecified atom stereocenters. The molecule has 0 atom stereocenters. The Labute approximate surface area is 112 Å². The molecule has 0 aromatic heterocycles. The summed E-state index contributed by atoms with van der Waals surface area (Å²) in [6, 6.07) is 4.77. The molecule has 0 aliphatic carbocycles. The fourth-order valence-electron chi connectivity index (χ4n) is 1.65. The van der Waals surface area contributed by atoms with Gasteiger partial charge in [-0.2, -0.15) is 0 Å². The van der Waals surface area contributed by atoms with Gasteiger partial charge in [-0.3, -0.25) is 9.69 Å². The number of rotatable bonds is 5. The van der Waals surface area contributed by atoms with Crippen LogP contribution in [0.15, 0.2) is 18.2 Å². The Morgan fingerprint density at radius 2 is 2.21 bits per heavy atom. The lowest BCUT2D eigenvalue weighted by atomic mass is 10.1. The smallest absolute Gasteiger partial charge is 0.231 e. The molecule has 0 aliphatic rings. The highest BCUT2D eigenvalue weighted by atomic mass is 19.1. The number of primary amides is 1. The zero-order chi connectivity index (χ0) is 14.3. The molecular weight excluding hydrogens is 245 g/mol. The Hall–Kier alpha value is -1.90. The van der Waals surface area contributed by atoms with Gasteiger partial charge in [-0.25, -0.2) is 4.39 Å². The van der Waals surface area contributed by atoms with Gasteiger partial charge in [0.25, 0.3) is 0 Å². The van der Waals surface area contributed by atoms with E-state index in [1.54, 1.807) is 17.0 Å². The third-order valence-corrected chi connectivity index (χ3v) is 2.61. The van der Waals surface area contributed by atoms with E-state index >= 15 is 0 Å². The summed E-state index contributed by atoms with van der Waals surface area (Å²) in [6.07, 6.45) is 0. The number of carbonyl (C=O) groups is 1. The molecule has 0 spiro atoms. The normalized spacial score (nSPS) is 10.1. The number of likely N-dealkylation sites (N-methyl/N-ethyl adjacent to an activating group) is 1. The fourth-order valence-corrected chi connectivity index (χ4v) is 1.65. The number of hydrogen-bond acceptors (Lipinski definition) is 3. The molecule has 1 aromatic rings. The minimum atomic E-state index is -0.423. The molecule has 1 amide bonds. The predicted octanol–water partition coefficient (Wildman–Crippen LogP) is 0.443. The fraction of sp³-hybridized carbons (Fsp3) is 0.357. The summed E-state index contributed by atoms with van der Waals surface area (Å²) in [6.45, 7) is 3.21. The van der Waals surface area contributed by atoms with Crippen molar-refractivity contribution in [3.63, 3.8) is 0 Å². The van der Waals surface area contributed by atoms with Gasteiger partial charge >= 0.3 is 0 Å². The van der Waals surface area contributed by atoms with Gasteiger partial charge in [0, 0.05) is 17.7 Å². The van der Waals surface area contributed by atoms with Crippen molar-refractivity contribution in [2.75, 3.05) is 19.6 Å². The first-order chi connectivity index (χ1) is 9.06. The number of hydrogen-bond donors (Lipinski definition) is 2. The first kappa shape index (κ1) is 15.2. The lowest BCUT2D eigenvalue weighted by Gasteiger charge is -2.18. The summed E-state index contributed by atoms with van der Waals surface area (Å²) in [4.78, 5) is 12.6. The van der Waals surface area contributed by atoms with E-state index in [1.165, 1.54) is 6.07 Å². The maximum Gasteiger partial charge on any atom is 0.231 e. The summed E-state index contributed by atoms with van der Waals surface area (Å²) in [7, 11) is 0. The minimum absolute atomic E-state index is 0.116. The third-order valence-electron chi connectivity index (χ3n) is 2.61. The van der Waals surface area contributed by atoms with Crippen LogP contribution in [-0.2, 0) is 11.3 Å². The Balaban J connectivity index is 2.81. The molecule has 0 radical (unpaired) electrons. The summed E-state index contributed by atoms with van der Waals surface area (Å²) in [5, 5.41) is 0. The molecule has 0 fully saturated rings. The van der Waals surface area contributed by atoms with Crippen molar-refractivity contribution in [3.05, 3.63) is 35.1 Å². The van der Waals surface area contributed by atoms with Crippen molar-refractivity contribution < 1.29 is 9.18 Å². The second kappa shape index (κ2) is 7.52. The number of nitrogens with zero attached hydrogens (tertiary/aromatic N) is 1. The molecule has 0 bridgehead atoms. The van der Waals surface area contributed by atoms with Gasteiger partial charge in [0.2, 0.25) is 5.91 Å². The zero-order valence-electron chi connectivity index (χ0n) is 10.9. The molecule has 1 rings (SSSR count). The average molecular weight is 263 g/mol. The first-order valence-corrected chi connectivity index (χ1v) is 6.04. The van der Waals surface area contributed by atoms with E-state index in [0.29, 0.717) is 24.2 Å². The standard InChI is InChI=1S/C14H18FN3O/c1-2-18(10-14(17)19)9-12-6-5-11(4-3-7-16)8-13(12)15/h5-6,8H,2,7,9-10,16H2,1H3,(H2,17,19). The molecule has 5 heteroatoms. The van der Waals surface area contributed by atoms with Crippen LogP contribution in [0.3, 0.4) is 0 Å². The van der Waals surface area contributed by atoms with E-state index in [4.69, 9.17) is 11.5 Å². The Morgan fingerprint density at radius 3 is 2.74 bits per heavy atom.